The van der Waals surface area contributed by atoms with E-state index in [0.29, 0.717) is 32.1 Å². The molecule has 1 unspecified atom stereocenters. The molecule has 6 heteroatoms. The van der Waals surface area contributed by atoms with Crippen molar-refractivity contribution in [3.8, 4) is 0 Å². The van der Waals surface area contributed by atoms with Crippen molar-refractivity contribution in [1.82, 2.24) is 14.4 Å². The number of nitrogens with zero attached hydrogens (tertiary/aromatic N) is 3. The molecule has 1 aromatic carbocycles. The van der Waals surface area contributed by atoms with E-state index in [-0.39, 0.29) is 29.0 Å². The van der Waals surface area contributed by atoms with E-state index in [0.717, 1.165) is 51.4 Å². The van der Waals surface area contributed by atoms with Gasteiger partial charge >= 0.3 is 0 Å². The number of amides is 2. The van der Waals surface area contributed by atoms with Gasteiger partial charge in [-0.3, -0.25) is 14.4 Å². The molecule has 6 nitrogen and oxygen atoms in total. The van der Waals surface area contributed by atoms with Crippen LogP contribution in [0.3, 0.4) is 0 Å². The van der Waals surface area contributed by atoms with E-state index in [9.17, 15) is 14.4 Å². The van der Waals surface area contributed by atoms with Gasteiger partial charge in [0.15, 0.2) is 0 Å². The number of aromatic nitrogens is 1. The third-order valence-corrected chi connectivity index (χ3v) is 7.77. The largest absolute Gasteiger partial charge is 0.350 e. The summed E-state index contributed by atoms with van der Waals surface area (Å²) in [4.78, 5) is 44.0. The van der Waals surface area contributed by atoms with E-state index in [1.54, 1.807) is 22.2 Å². The minimum absolute atomic E-state index is 0.0921. The van der Waals surface area contributed by atoms with Crippen molar-refractivity contribution in [2.24, 2.45) is 5.92 Å². The Morgan fingerprint density at radius 1 is 0.857 bits per heavy atom. The fourth-order valence-electron chi connectivity index (χ4n) is 5.27. The Labute approximate surface area is 208 Å². The van der Waals surface area contributed by atoms with Gasteiger partial charge in [-0.25, -0.2) is 0 Å². The number of hydrogen-bond acceptors (Lipinski definition) is 3. The second-order valence-electron chi connectivity index (χ2n) is 10.3. The van der Waals surface area contributed by atoms with Crippen molar-refractivity contribution in [3.63, 3.8) is 0 Å². The van der Waals surface area contributed by atoms with E-state index in [2.05, 4.69) is 31.2 Å². The Hall–Kier alpha value is -2.89. The fourth-order valence-corrected chi connectivity index (χ4v) is 5.27. The zero-order chi connectivity index (χ0) is 24.8. The Kier molecular flexibility index (Phi) is 8.42. The molecule has 3 heterocycles. The van der Waals surface area contributed by atoms with Crippen LogP contribution >= 0.6 is 0 Å². The molecule has 2 fully saturated rings. The van der Waals surface area contributed by atoms with Crippen molar-refractivity contribution < 1.29 is 9.59 Å². The van der Waals surface area contributed by atoms with Crippen LogP contribution in [0.1, 0.15) is 91.1 Å². The summed E-state index contributed by atoms with van der Waals surface area (Å²) >= 11 is 0. The van der Waals surface area contributed by atoms with Gasteiger partial charge < -0.3 is 14.4 Å². The number of carbonyl (C=O) groups excluding carboxylic acids is 2. The smallest absolute Gasteiger partial charge is 0.259 e. The normalized spacial score (nSPS) is 18.2. The lowest BCUT2D eigenvalue weighted by atomic mass is 9.90. The summed E-state index contributed by atoms with van der Waals surface area (Å²) in [5, 5.41) is 0. The first kappa shape index (κ1) is 25.2. The topological polar surface area (TPSA) is 62.6 Å². The third-order valence-electron chi connectivity index (χ3n) is 7.77. The number of hydrogen-bond donors (Lipinski definition) is 0. The minimum Gasteiger partial charge on any atom is -0.350 e. The molecule has 2 amide bonds. The highest BCUT2D eigenvalue weighted by Crippen LogP contribution is 2.23. The van der Waals surface area contributed by atoms with Gasteiger partial charge in [-0.15, -0.1) is 0 Å². The first-order valence-corrected chi connectivity index (χ1v) is 13.4. The van der Waals surface area contributed by atoms with Crippen LogP contribution in [0, 0.1) is 5.92 Å². The summed E-state index contributed by atoms with van der Waals surface area (Å²) in [6, 6.07) is 10.6. The lowest BCUT2D eigenvalue weighted by Gasteiger charge is -2.32. The van der Waals surface area contributed by atoms with Gasteiger partial charge in [0, 0.05) is 44.6 Å². The van der Waals surface area contributed by atoms with Gasteiger partial charge in [-0.1, -0.05) is 50.1 Å². The van der Waals surface area contributed by atoms with Crippen molar-refractivity contribution in [2.45, 2.75) is 71.3 Å². The van der Waals surface area contributed by atoms with Crippen molar-refractivity contribution in [1.29, 1.82) is 0 Å². The van der Waals surface area contributed by atoms with Crippen LogP contribution in [0.2, 0.25) is 0 Å². The van der Waals surface area contributed by atoms with E-state index < -0.39 is 5.43 Å². The molecule has 188 valence electrons. The maximum atomic E-state index is 13.5. The van der Waals surface area contributed by atoms with Gasteiger partial charge in [-0.2, -0.15) is 0 Å². The molecule has 2 aliphatic heterocycles. The standard InChI is InChI=1S/C29H39N3O3/c1-3-22(2)32-20-25(28(34)30-15-9-4-5-10-16-30)27(33)26(21-32)29(35)31-17-13-24(14-18-31)19-23-11-7-6-8-12-23/h6-8,11-12,20-22,24H,3-5,9-10,13-19H2,1-2H3. The van der Waals surface area contributed by atoms with Gasteiger partial charge in [0.2, 0.25) is 5.43 Å². The van der Waals surface area contributed by atoms with Gasteiger partial charge in [0.05, 0.1) is 0 Å². The molecule has 4 rings (SSSR count). The molecule has 0 N–H and O–H groups in total. The first-order valence-electron chi connectivity index (χ1n) is 13.4. The Balaban J connectivity index is 1.54. The minimum atomic E-state index is -0.421. The molecule has 1 atom stereocenters. The van der Waals surface area contributed by atoms with Crippen LogP contribution in [0.25, 0.3) is 0 Å². The van der Waals surface area contributed by atoms with Crippen LogP contribution in [0.4, 0.5) is 0 Å². The molecule has 2 aliphatic rings. The van der Waals surface area contributed by atoms with E-state index in [1.165, 1.54) is 5.56 Å². The second-order valence-corrected chi connectivity index (χ2v) is 10.3. The molecule has 0 aliphatic carbocycles. The molecule has 0 bridgehead atoms. The number of carbonyl (C=O) groups is 2. The van der Waals surface area contributed by atoms with E-state index >= 15 is 0 Å². The Morgan fingerprint density at radius 2 is 1.40 bits per heavy atom. The zero-order valence-corrected chi connectivity index (χ0v) is 21.2. The highest BCUT2D eigenvalue weighted by Gasteiger charge is 2.29. The Morgan fingerprint density at radius 3 is 1.94 bits per heavy atom. The quantitative estimate of drug-likeness (QED) is 0.593. The lowest BCUT2D eigenvalue weighted by Crippen LogP contribution is -2.42. The Bertz CT molecular complexity index is 1060. The van der Waals surface area contributed by atoms with Crippen LogP contribution < -0.4 is 5.43 Å². The summed E-state index contributed by atoms with van der Waals surface area (Å²) in [5.74, 6) is 0.0649. The number of rotatable bonds is 6. The van der Waals surface area contributed by atoms with Crippen LogP contribution in [0.5, 0.6) is 0 Å². The summed E-state index contributed by atoms with van der Waals surface area (Å²) < 4.78 is 1.89. The van der Waals surface area contributed by atoms with Crippen molar-refractivity contribution in [3.05, 3.63) is 69.6 Å². The lowest BCUT2D eigenvalue weighted by molar-refractivity contribution is 0.0688. The zero-order valence-electron chi connectivity index (χ0n) is 21.2. The summed E-state index contributed by atoms with van der Waals surface area (Å²) in [5.41, 5.74) is 1.17. The molecular weight excluding hydrogens is 438 g/mol. The summed E-state index contributed by atoms with van der Waals surface area (Å²) in [6.45, 7) is 6.75. The van der Waals surface area contributed by atoms with E-state index in [4.69, 9.17) is 0 Å². The maximum absolute atomic E-state index is 13.5. The number of likely N-dealkylation sites (tertiary alicyclic amines) is 2. The van der Waals surface area contributed by atoms with Gasteiger partial charge in [0.1, 0.15) is 11.1 Å². The number of benzene rings is 1. The average molecular weight is 478 g/mol. The fraction of sp³-hybridized carbons (Fsp3) is 0.552. The highest BCUT2D eigenvalue weighted by molar-refractivity contribution is 5.99. The van der Waals surface area contributed by atoms with Crippen LogP contribution in [-0.4, -0.2) is 52.4 Å². The molecule has 1 aromatic heterocycles. The van der Waals surface area contributed by atoms with Gasteiger partial charge in [-0.05, 0) is 56.9 Å². The average Bonchev–Trinajstić information content (AvgIpc) is 3.18. The summed E-state index contributed by atoms with van der Waals surface area (Å²) in [6.07, 6.45) is 11.2. The molecule has 0 saturated carbocycles. The predicted molar refractivity (Wildman–Crippen MR) is 139 cm³/mol. The monoisotopic (exact) mass is 477 g/mol. The van der Waals surface area contributed by atoms with Gasteiger partial charge in [0.25, 0.3) is 11.8 Å². The first-order chi connectivity index (χ1) is 17.0. The summed E-state index contributed by atoms with van der Waals surface area (Å²) in [7, 11) is 0. The maximum Gasteiger partial charge on any atom is 0.259 e. The third kappa shape index (κ3) is 6.03. The molecule has 0 radical (unpaired) electrons. The molecular formula is C29H39N3O3. The predicted octanol–water partition coefficient (Wildman–Crippen LogP) is 4.93. The molecule has 35 heavy (non-hydrogen) atoms. The number of pyridine rings is 1. The molecule has 0 spiro atoms. The van der Waals surface area contributed by atoms with Crippen LogP contribution in [-0.2, 0) is 6.42 Å². The SMILES string of the molecule is CCC(C)n1cc(C(=O)N2CCCCCC2)c(=O)c(C(=O)N2CCC(Cc3ccccc3)CC2)c1. The molecule has 2 saturated heterocycles. The number of piperidine rings is 1. The highest BCUT2D eigenvalue weighted by atomic mass is 16.2. The second kappa shape index (κ2) is 11.7. The van der Waals surface area contributed by atoms with Crippen molar-refractivity contribution in [2.75, 3.05) is 26.2 Å². The van der Waals surface area contributed by atoms with E-state index in [1.807, 2.05) is 17.6 Å². The molecule has 2 aromatic rings. The van der Waals surface area contributed by atoms with Crippen molar-refractivity contribution >= 4 is 11.8 Å². The van der Waals surface area contributed by atoms with Crippen LogP contribution in [0.15, 0.2) is 47.5 Å².